The van der Waals surface area contributed by atoms with Gasteiger partial charge in [0.15, 0.2) is 0 Å². The maximum atomic E-state index is 10.3. The predicted octanol–water partition coefficient (Wildman–Crippen LogP) is 1.92. The van der Waals surface area contributed by atoms with Crippen LogP contribution in [0.4, 0.5) is 0 Å². The number of aliphatic hydroxyl groups is 1. The molecule has 0 aliphatic heterocycles. The van der Waals surface area contributed by atoms with E-state index in [-0.39, 0.29) is 0 Å². The van der Waals surface area contributed by atoms with E-state index in [0.29, 0.717) is 22.4 Å². The summed E-state index contributed by atoms with van der Waals surface area (Å²) in [6, 6.07) is 0. The van der Waals surface area contributed by atoms with Crippen molar-refractivity contribution < 1.29 is 5.11 Å². The lowest BCUT2D eigenvalue weighted by atomic mass is 10.1. The molecule has 0 aromatic carbocycles. The molecule has 94 valence electrons. The smallest absolute Gasteiger partial charge is 0.126 e. The highest BCUT2D eigenvalue weighted by atomic mass is 127. The Balaban J connectivity index is 3.14. The SMILES string of the molecule is CCN/C(Br)=C(\C=N)C(O)c1c(I)ncn1C. The molecule has 1 heterocycles. The van der Waals surface area contributed by atoms with Crippen LogP contribution in [0.3, 0.4) is 0 Å². The maximum absolute atomic E-state index is 10.3. The minimum absolute atomic E-state index is 0.480. The minimum atomic E-state index is -0.875. The summed E-state index contributed by atoms with van der Waals surface area (Å²) in [5.74, 6) is 0. The summed E-state index contributed by atoms with van der Waals surface area (Å²) in [5, 5.41) is 20.7. The summed E-state index contributed by atoms with van der Waals surface area (Å²) in [7, 11) is 1.82. The molecule has 0 saturated carbocycles. The third-order valence-electron chi connectivity index (χ3n) is 2.23. The monoisotopic (exact) mass is 412 g/mol. The molecule has 1 aromatic rings. The molecule has 0 amide bonds. The maximum Gasteiger partial charge on any atom is 0.126 e. The molecule has 0 fully saturated rings. The summed E-state index contributed by atoms with van der Waals surface area (Å²) in [6.07, 6.45) is 1.91. The number of imidazole rings is 1. The van der Waals surface area contributed by atoms with Crippen molar-refractivity contribution in [3.05, 3.63) is 25.9 Å². The van der Waals surface area contributed by atoms with Gasteiger partial charge in [0.05, 0.1) is 16.6 Å². The van der Waals surface area contributed by atoms with Gasteiger partial charge in [-0.25, -0.2) is 4.98 Å². The Labute approximate surface area is 122 Å². The van der Waals surface area contributed by atoms with Crippen molar-refractivity contribution in [1.82, 2.24) is 14.9 Å². The van der Waals surface area contributed by atoms with Crippen LogP contribution in [0.25, 0.3) is 0 Å². The Morgan fingerprint density at radius 2 is 2.47 bits per heavy atom. The normalized spacial score (nSPS) is 14.2. The van der Waals surface area contributed by atoms with E-state index >= 15 is 0 Å². The molecular formula is C10H14BrIN4O. The lowest BCUT2D eigenvalue weighted by Crippen LogP contribution is -2.16. The van der Waals surface area contributed by atoms with E-state index in [2.05, 4.69) is 48.8 Å². The lowest BCUT2D eigenvalue weighted by molar-refractivity contribution is 0.212. The summed E-state index contributed by atoms with van der Waals surface area (Å²) in [5.41, 5.74) is 1.16. The first kappa shape index (κ1) is 14.7. The van der Waals surface area contributed by atoms with Gasteiger partial charge in [0, 0.05) is 25.4 Å². The van der Waals surface area contributed by atoms with Gasteiger partial charge in [-0.15, -0.1) is 0 Å². The van der Waals surface area contributed by atoms with Gasteiger partial charge >= 0.3 is 0 Å². The second kappa shape index (κ2) is 6.50. The average Bonchev–Trinajstić information content (AvgIpc) is 2.59. The Kier molecular flexibility index (Phi) is 5.60. The number of halogens is 2. The zero-order chi connectivity index (χ0) is 13.0. The Bertz CT molecular complexity index is 424. The van der Waals surface area contributed by atoms with Crippen molar-refractivity contribution in [2.24, 2.45) is 7.05 Å². The molecule has 5 nitrogen and oxygen atoms in total. The van der Waals surface area contributed by atoms with Crippen molar-refractivity contribution in [2.45, 2.75) is 13.0 Å². The van der Waals surface area contributed by atoms with Gasteiger partial charge in [0.1, 0.15) is 9.80 Å². The van der Waals surface area contributed by atoms with Crippen LogP contribution in [0, 0.1) is 9.11 Å². The molecule has 1 unspecified atom stereocenters. The van der Waals surface area contributed by atoms with Gasteiger partial charge in [0.25, 0.3) is 0 Å². The Morgan fingerprint density at radius 1 is 1.82 bits per heavy atom. The molecule has 0 spiro atoms. The van der Waals surface area contributed by atoms with Crippen LogP contribution >= 0.6 is 38.5 Å². The number of hydrogen-bond donors (Lipinski definition) is 3. The van der Waals surface area contributed by atoms with E-state index in [0.717, 1.165) is 9.92 Å². The highest BCUT2D eigenvalue weighted by molar-refractivity contribution is 14.1. The van der Waals surface area contributed by atoms with Crippen LogP contribution in [-0.2, 0) is 7.05 Å². The summed E-state index contributed by atoms with van der Waals surface area (Å²) in [6.45, 7) is 2.66. The number of nitrogens with one attached hydrogen (secondary N) is 2. The number of hydrogen-bond acceptors (Lipinski definition) is 4. The standard InChI is InChI=1S/C10H14BrIN4O/c1-3-14-9(11)6(4-13)8(17)7-10(12)15-5-16(7)2/h4-5,8,13-14,17H,3H2,1-2H3/b9-6+,13-4?. The molecule has 17 heavy (non-hydrogen) atoms. The molecule has 0 bridgehead atoms. The largest absolute Gasteiger partial charge is 0.382 e. The van der Waals surface area contributed by atoms with Crippen molar-refractivity contribution in [1.29, 1.82) is 5.41 Å². The zero-order valence-electron chi connectivity index (χ0n) is 9.54. The van der Waals surface area contributed by atoms with Gasteiger partial charge in [-0.2, -0.15) is 0 Å². The second-order valence-corrected chi connectivity index (χ2v) is 5.19. The molecular weight excluding hydrogens is 399 g/mol. The molecule has 1 atom stereocenters. The van der Waals surface area contributed by atoms with Crippen LogP contribution in [-0.4, -0.2) is 27.4 Å². The molecule has 7 heteroatoms. The summed E-state index contributed by atoms with van der Waals surface area (Å²) < 4.78 is 3.11. The van der Waals surface area contributed by atoms with Gasteiger partial charge in [-0.1, -0.05) is 0 Å². The predicted molar refractivity (Wildman–Crippen MR) is 79.3 cm³/mol. The van der Waals surface area contributed by atoms with E-state index in [4.69, 9.17) is 5.41 Å². The molecule has 0 saturated heterocycles. The third-order valence-corrected chi connectivity index (χ3v) is 3.80. The number of aromatic nitrogens is 2. The van der Waals surface area contributed by atoms with E-state index in [1.54, 1.807) is 10.9 Å². The van der Waals surface area contributed by atoms with Gasteiger partial charge in [-0.3, -0.25) is 0 Å². The molecule has 0 radical (unpaired) electrons. The molecule has 1 rings (SSSR count). The third kappa shape index (κ3) is 3.29. The van der Waals surface area contributed by atoms with Crippen molar-refractivity contribution in [3.63, 3.8) is 0 Å². The first-order chi connectivity index (χ1) is 8.02. The number of nitrogens with zero attached hydrogens (tertiary/aromatic N) is 2. The fraction of sp³-hybridized carbons (Fsp3) is 0.400. The first-order valence-corrected chi connectivity index (χ1v) is 6.88. The van der Waals surface area contributed by atoms with E-state index in [1.165, 1.54) is 0 Å². The molecule has 0 aliphatic rings. The minimum Gasteiger partial charge on any atom is -0.382 e. The molecule has 3 N–H and O–H groups in total. The van der Waals surface area contributed by atoms with Crippen LogP contribution in [0.5, 0.6) is 0 Å². The van der Waals surface area contributed by atoms with Crippen molar-refractivity contribution in [2.75, 3.05) is 6.54 Å². The van der Waals surface area contributed by atoms with Gasteiger partial charge in [-0.05, 0) is 45.4 Å². The topological polar surface area (TPSA) is 73.9 Å². The van der Waals surface area contributed by atoms with Crippen LogP contribution in [0.2, 0.25) is 0 Å². The zero-order valence-corrected chi connectivity index (χ0v) is 13.3. The van der Waals surface area contributed by atoms with E-state index < -0.39 is 6.10 Å². The highest BCUT2D eigenvalue weighted by Crippen LogP contribution is 2.27. The first-order valence-electron chi connectivity index (χ1n) is 5.01. The number of aliphatic hydroxyl groups excluding tert-OH is 1. The highest BCUT2D eigenvalue weighted by Gasteiger charge is 2.21. The van der Waals surface area contributed by atoms with Crippen LogP contribution < -0.4 is 5.32 Å². The average molecular weight is 413 g/mol. The lowest BCUT2D eigenvalue weighted by Gasteiger charge is -2.15. The number of aryl methyl sites for hydroxylation is 1. The number of rotatable bonds is 5. The molecule has 0 aliphatic carbocycles. The van der Waals surface area contributed by atoms with Crippen molar-refractivity contribution in [3.8, 4) is 0 Å². The fourth-order valence-corrected chi connectivity index (χ4v) is 2.80. The molecule has 1 aromatic heterocycles. The van der Waals surface area contributed by atoms with Gasteiger partial charge in [0.2, 0.25) is 0 Å². The fourth-order valence-electron chi connectivity index (χ4n) is 1.38. The quantitative estimate of drug-likeness (QED) is 0.393. The van der Waals surface area contributed by atoms with Crippen LogP contribution in [0.15, 0.2) is 16.5 Å². The summed E-state index contributed by atoms with van der Waals surface area (Å²) in [4.78, 5) is 4.12. The second-order valence-electron chi connectivity index (χ2n) is 3.38. The van der Waals surface area contributed by atoms with Crippen LogP contribution in [0.1, 0.15) is 18.7 Å². The van der Waals surface area contributed by atoms with E-state index in [9.17, 15) is 5.11 Å². The van der Waals surface area contributed by atoms with Gasteiger partial charge < -0.3 is 20.4 Å². The Morgan fingerprint density at radius 3 is 2.88 bits per heavy atom. The van der Waals surface area contributed by atoms with E-state index in [1.807, 2.05) is 14.0 Å². The summed E-state index contributed by atoms with van der Waals surface area (Å²) >= 11 is 5.39. The van der Waals surface area contributed by atoms with Crippen molar-refractivity contribution >= 4 is 44.7 Å². The Hall–Kier alpha value is -0.410.